The number of halogens is 1. The minimum absolute atomic E-state index is 0.0619. The van der Waals surface area contributed by atoms with E-state index >= 15 is 0 Å². The summed E-state index contributed by atoms with van der Waals surface area (Å²) >= 11 is 0. The van der Waals surface area contributed by atoms with E-state index in [0.29, 0.717) is 25.4 Å². The van der Waals surface area contributed by atoms with Crippen LogP contribution in [-0.4, -0.2) is 24.9 Å². The maximum absolute atomic E-state index is 13.0. The number of rotatable bonds is 8. The van der Waals surface area contributed by atoms with Crippen LogP contribution in [-0.2, 0) is 22.6 Å². The Hall–Kier alpha value is -3.67. The molecule has 32 heavy (non-hydrogen) atoms. The van der Waals surface area contributed by atoms with Crippen LogP contribution >= 0.6 is 0 Å². The number of carbonyl (C=O) groups excluding carboxylic acids is 2. The van der Waals surface area contributed by atoms with Gasteiger partial charge in [0.05, 0.1) is 5.92 Å². The molecule has 1 fully saturated rings. The van der Waals surface area contributed by atoms with Crippen LogP contribution in [0.1, 0.15) is 17.5 Å². The van der Waals surface area contributed by atoms with E-state index in [9.17, 15) is 14.0 Å². The SMILES string of the molecule is O=C(NCCc1ccccc1)C1CC(=O)N(c2ccc(OCc3ccc(F)cc3)cc2)C1. The van der Waals surface area contributed by atoms with E-state index in [-0.39, 0.29) is 30.0 Å². The third-order valence-electron chi connectivity index (χ3n) is 5.52. The predicted octanol–water partition coefficient (Wildman–Crippen LogP) is 4.12. The monoisotopic (exact) mass is 432 g/mol. The van der Waals surface area contributed by atoms with Crippen molar-refractivity contribution in [1.82, 2.24) is 5.32 Å². The first-order valence-electron chi connectivity index (χ1n) is 10.7. The summed E-state index contributed by atoms with van der Waals surface area (Å²) in [6, 6.07) is 23.3. The zero-order chi connectivity index (χ0) is 22.3. The number of ether oxygens (including phenoxy) is 1. The molecule has 1 aliphatic heterocycles. The normalized spacial score (nSPS) is 15.6. The highest BCUT2D eigenvalue weighted by Gasteiger charge is 2.34. The molecule has 3 aromatic rings. The van der Waals surface area contributed by atoms with Crippen molar-refractivity contribution in [2.24, 2.45) is 5.92 Å². The molecule has 1 atom stereocenters. The van der Waals surface area contributed by atoms with Crippen LogP contribution in [0.5, 0.6) is 5.75 Å². The van der Waals surface area contributed by atoms with E-state index in [4.69, 9.17) is 4.74 Å². The quantitative estimate of drug-likeness (QED) is 0.583. The van der Waals surface area contributed by atoms with E-state index in [1.807, 2.05) is 42.5 Å². The van der Waals surface area contributed by atoms with Crippen molar-refractivity contribution < 1.29 is 18.7 Å². The minimum atomic E-state index is -0.354. The van der Waals surface area contributed by atoms with Gasteiger partial charge in [-0.25, -0.2) is 4.39 Å². The smallest absolute Gasteiger partial charge is 0.227 e. The van der Waals surface area contributed by atoms with Gasteiger partial charge in [0.1, 0.15) is 18.2 Å². The van der Waals surface area contributed by atoms with Crippen LogP contribution in [0.25, 0.3) is 0 Å². The van der Waals surface area contributed by atoms with Gasteiger partial charge in [-0.1, -0.05) is 42.5 Å². The molecule has 3 aromatic carbocycles. The second-order valence-corrected chi connectivity index (χ2v) is 7.84. The van der Waals surface area contributed by atoms with Crippen molar-refractivity contribution in [3.63, 3.8) is 0 Å². The Kier molecular flexibility index (Phi) is 6.80. The largest absolute Gasteiger partial charge is 0.489 e. The molecule has 164 valence electrons. The van der Waals surface area contributed by atoms with Gasteiger partial charge in [0.25, 0.3) is 0 Å². The van der Waals surface area contributed by atoms with Gasteiger partial charge in [0, 0.05) is 25.2 Å². The number of benzene rings is 3. The topological polar surface area (TPSA) is 58.6 Å². The molecule has 1 saturated heterocycles. The van der Waals surface area contributed by atoms with Crippen LogP contribution in [0.2, 0.25) is 0 Å². The Balaban J connectivity index is 1.27. The predicted molar refractivity (Wildman–Crippen MR) is 121 cm³/mol. The molecular formula is C26H25FN2O3. The highest BCUT2D eigenvalue weighted by molar-refractivity contribution is 6.00. The number of hydrogen-bond donors (Lipinski definition) is 1. The second-order valence-electron chi connectivity index (χ2n) is 7.84. The Labute approximate surface area is 186 Å². The molecule has 4 rings (SSSR count). The highest BCUT2D eigenvalue weighted by Crippen LogP contribution is 2.27. The Morgan fingerprint density at radius 1 is 0.969 bits per heavy atom. The first-order valence-corrected chi connectivity index (χ1v) is 10.7. The summed E-state index contributed by atoms with van der Waals surface area (Å²) in [4.78, 5) is 26.7. The average Bonchev–Trinajstić information content (AvgIpc) is 3.21. The molecule has 1 aliphatic rings. The molecule has 5 nitrogen and oxygen atoms in total. The van der Waals surface area contributed by atoms with Gasteiger partial charge in [-0.2, -0.15) is 0 Å². The van der Waals surface area contributed by atoms with Gasteiger partial charge in [0.15, 0.2) is 0 Å². The molecular weight excluding hydrogens is 407 g/mol. The van der Waals surface area contributed by atoms with Crippen molar-refractivity contribution in [1.29, 1.82) is 0 Å². The van der Waals surface area contributed by atoms with Crippen LogP contribution in [0.3, 0.4) is 0 Å². The van der Waals surface area contributed by atoms with Crippen LogP contribution < -0.4 is 15.0 Å². The average molecular weight is 432 g/mol. The molecule has 2 amide bonds. The number of anilines is 1. The molecule has 1 N–H and O–H groups in total. The standard InChI is InChI=1S/C26H25FN2O3/c27-22-8-6-20(7-9-22)18-32-24-12-10-23(11-13-24)29-17-21(16-25(29)30)26(31)28-15-14-19-4-2-1-3-5-19/h1-13,21H,14-18H2,(H,28,31). The number of hydrogen-bond acceptors (Lipinski definition) is 3. The summed E-state index contributed by atoms with van der Waals surface area (Å²) in [6.07, 6.45) is 0.969. The Bertz CT molecular complexity index is 1050. The summed E-state index contributed by atoms with van der Waals surface area (Å²) in [6.45, 7) is 1.24. The molecule has 0 bridgehead atoms. The third kappa shape index (κ3) is 5.52. The summed E-state index contributed by atoms with van der Waals surface area (Å²) in [5, 5.41) is 2.95. The van der Waals surface area contributed by atoms with E-state index in [0.717, 1.165) is 17.7 Å². The maximum atomic E-state index is 13.0. The maximum Gasteiger partial charge on any atom is 0.227 e. The second kappa shape index (κ2) is 10.1. The van der Waals surface area contributed by atoms with E-state index < -0.39 is 0 Å². The van der Waals surface area contributed by atoms with Crippen molar-refractivity contribution >= 4 is 17.5 Å². The Morgan fingerprint density at radius 3 is 2.41 bits per heavy atom. The first-order chi connectivity index (χ1) is 15.6. The molecule has 0 radical (unpaired) electrons. The fourth-order valence-electron chi connectivity index (χ4n) is 3.72. The van der Waals surface area contributed by atoms with Crippen molar-refractivity contribution in [3.05, 3.63) is 95.8 Å². The van der Waals surface area contributed by atoms with Gasteiger partial charge >= 0.3 is 0 Å². The number of nitrogens with one attached hydrogen (secondary N) is 1. The zero-order valence-electron chi connectivity index (χ0n) is 17.7. The number of carbonyl (C=O) groups is 2. The summed E-state index contributed by atoms with van der Waals surface area (Å²) in [7, 11) is 0. The molecule has 0 aliphatic carbocycles. The fourth-order valence-corrected chi connectivity index (χ4v) is 3.72. The van der Waals surface area contributed by atoms with Gasteiger partial charge in [-0.05, 0) is 53.9 Å². The van der Waals surface area contributed by atoms with Crippen LogP contribution in [0.4, 0.5) is 10.1 Å². The summed E-state index contributed by atoms with van der Waals surface area (Å²) in [5.41, 5.74) is 2.77. The van der Waals surface area contributed by atoms with Gasteiger partial charge in [-0.15, -0.1) is 0 Å². The van der Waals surface area contributed by atoms with E-state index in [1.54, 1.807) is 29.2 Å². The molecule has 1 heterocycles. The van der Waals surface area contributed by atoms with Gasteiger partial charge < -0.3 is 15.0 Å². The van der Waals surface area contributed by atoms with Crippen LogP contribution in [0.15, 0.2) is 78.9 Å². The molecule has 6 heteroatoms. The van der Waals surface area contributed by atoms with Crippen molar-refractivity contribution in [2.45, 2.75) is 19.4 Å². The number of nitrogens with zero attached hydrogens (tertiary/aromatic N) is 1. The lowest BCUT2D eigenvalue weighted by Gasteiger charge is -2.17. The lowest BCUT2D eigenvalue weighted by Crippen LogP contribution is -2.34. The fraction of sp³-hybridized carbons (Fsp3) is 0.231. The summed E-state index contributed by atoms with van der Waals surface area (Å²) < 4.78 is 18.7. The lowest BCUT2D eigenvalue weighted by molar-refractivity contribution is -0.126. The highest BCUT2D eigenvalue weighted by atomic mass is 19.1. The molecule has 1 unspecified atom stereocenters. The molecule has 0 spiro atoms. The van der Waals surface area contributed by atoms with Crippen molar-refractivity contribution in [2.75, 3.05) is 18.0 Å². The van der Waals surface area contributed by atoms with Gasteiger partial charge in [0.2, 0.25) is 11.8 Å². The minimum Gasteiger partial charge on any atom is -0.489 e. The molecule has 0 saturated carbocycles. The summed E-state index contributed by atoms with van der Waals surface area (Å²) in [5.74, 6) is -0.131. The zero-order valence-corrected chi connectivity index (χ0v) is 17.7. The van der Waals surface area contributed by atoms with E-state index in [1.165, 1.54) is 17.7 Å². The van der Waals surface area contributed by atoms with Crippen molar-refractivity contribution in [3.8, 4) is 5.75 Å². The van der Waals surface area contributed by atoms with Gasteiger partial charge in [-0.3, -0.25) is 9.59 Å². The third-order valence-corrected chi connectivity index (χ3v) is 5.52. The van der Waals surface area contributed by atoms with Crippen LogP contribution in [0, 0.1) is 11.7 Å². The Morgan fingerprint density at radius 2 is 1.69 bits per heavy atom. The first kappa shape index (κ1) is 21.6. The lowest BCUT2D eigenvalue weighted by atomic mass is 10.1. The number of amides is 2. The van der Waals surface area contributed by atoms with E-state index in [2.05, 4.69) is 5.32 Å². The molecule has 0 aromatic heterocycles.